The van der Waals surface area contributed by atoms with Crippen LogP contribution in [0, 0.1) is 0 Å². The SMILES string of the molecule is CCN(C(=O)Cc1ccc(S(C)(=O)=O)cc1)C1CCN(CCC(c2ccc(S(C)(=O)=O)cc2)c2cccc(Cl)c2)CC1. The zero-order chi connectivity index (χ0) is 30.5. The molecule has 0 radical (unpaired) electrons. The Balaban J connectivity index is 1.37. The quantitative estimate of drug-likeness (QED) is 0.288. The Morgan fingerprint density at radius 1 is 0.881 bits per heavy atom. The fourth-order valence-electron chi connectivity index (χ4n) is 5.73. The molecule has 42 heavy (non-hydrogen) atoms. The Labute approximate surface area is 255 Å². The second-order valence-electron chi connectivity index (χ2n) is 11.1. The first kappa shape index (κ1) is 32.2. The summed E-state index contributed by atoms with van der Waals surface area (Å²) in [6.07, 6.45) is 5.26. The Morgan fingerprint density at radius 3 is 1.98 bits per heavy atom. The highest BCUT2D eigenvalue weighted by Gasteiger charge is 2.28. The van der Waals surface area contributed by atoms with E-state index in [0.29, 0.717) is 16.5 Å². The maximum atomic E-state index is 13.2. The summed E-state index contributed by atoms with van der Waals surface area (Å²) in [7, 11) is -6.54. The van der Waals surface area contributed by atoms with Crippen molar-refractivity contribution in [3.63, 3.8) is 0 Å². The molecule has 4 rings (SSSR count). The van der Waals surface area contributed by atoms with Crippen LogP contribution in [0.3, 0.4) is 0 Å². The Morgan fingerprint density at radius 2 is 1.45 bits per heavy atom. The molecule has 1 aliphatic rings. The van der Waals surface area contributed by atoms with Crippen LogP contribution in [0.25, 0.3) is 0 Å². The molecule has 0 bridgehead atoms. The van der Waals surface area contributed by atoms with Crippen molar-refractivity contribution < 1.29 is 21.6 Å². The van der Waals surface area contributed by atoms with Crippen LogP contribution >= 0.6 is 11.6 Å². The highest BCUT2D eigenvalue weighted by atomic mass is 35.5. The molecule has 1 heterocycles. The molecule has 0 spiro atoms. The van der Waals surface area contributed by atoms with Crippen LogP contribution in [0.4, 0.5) is 0 Å². The van der Waals surface area contributed by atoms with Crippen LogP contribution in [0.15, 0.2) is 82.6 Å². The zero-order valence-electron chi connectivity index (χ0n) is 24.4. The van der Waals surface area contributed by atoms with Crippen molar-refractivity contribution in [3.8, 4) is 0 Å². The molecular weight excluding hydrogens is 592 g/mol. The molecule has 3 aromatic carbocycles. The molecule has 1 saturated heterocycles. The van der Waals surface area contributed by atoms with Crippen LogP contribution in [0.1, 0.15) is 48.8 Å². The van der Waals surface area contributed by atoms with Crippen LogP contribution in [-0.4, -0.2) is 77.3 Å². The Hall–Kier alpha value is -2.72. The number of likely N-dealkylation sites (tertiary alicyclic amines) is 1. The number of amides is 1. The number of sulfone groups is 2. The minimum absolute atomic E-state index is 0.0571. The number of rotatable bonds is 11. The van der Waals surface area contributed by atoms with E-state index in [1.807, 2.05) is 42.2 Å². The van der Waals surface area contributed by atoms with E-state index in [9.17, 15) is 21.6 Å². The van der Waals surface area contributed by atoms with Crippen LogP contribution in [-0.2, 0) is 30.9 Å². The Bertz CT molecular complexity index is 1580. The minimum Gasteiger partial charge on any atom is -0.340 e. The zero-order valence-corrected chi connectivity index (χ0v) is 26.8. The van der Waals surface area contributed by atoms with Gasteiger partial charge in [-0.25, -0.2) is 16.8 Å². The molecule has 1 fully saturated rings. The van der Waals surface area contributed by atoms with Gasteiger partial charge in [0.1, 0.15) is 0 Å². The van der Waals surface area contributed by atoms with Gasteiger partial charge in [-0.2, -0.15) is 0 Å². The molecule has 0 aromatic heterocycles. The number of carbonyl (C=O) groups excluding carboxylic acids is 1. The smallest absolute Gasteiger partial charge is 0.227 e. The van der Waals surface area contributed by atoms with Crippen LogP contribution < -0.4 is 0 Å². The van der Waals surface area contributed by atoms with E-state index < -0.39 is 19.7 Å². The van der Waals surface area contributed by atoms with Gasteiger partial charge in [0.25, 0.3) is 0 Å². The van der Waals surface area contributed by atoms with Gasteiger partial charge in [-0.15, -0.1) is 0 Å². The number of nitrogens with zero attached hydrogens (tertiary/aromatic N) is 2. The van der Waals surface area contributed by atoms with E-state index >= 15 is 0 Å². The molecule has 1 aliphatic heterocycles. The summed E-state index contributed by atoms with van der Waals surface area (Å²) in [5.41, 5.74) is 2.95. The van der Waals surface area contributed by atoms with Gasteiger partial charge in [0.2, 0.25) is 5.91 Å². The average Bonchev–Trinajstić information content (AvgIpc) is 2.94. The van der Waals surface area contributed by atoms with Gasteiger partial charge in [0.15, 0.2) is 19.7 Å². The molecule has 0 aliphatic carbocycles. The molecule has 1 amide bonds. The predicted octanol–water partition coefficient (Wildman–Crippen LogP) is 5.22. The lowest BCUT2D eigenvalue weighted by atomic mass is 9.88. The minimum atomic E-state index is -3.27. The van der Waals surface area contributed by atoms with Gasteiger partial charge in [-0.1, -0.05) is 48.0 Å². The highest BCUT2D eigenvalue weighted by molar-refractivity contribution is 7.91. The monoisotopic (exact) mass is 630 g/mol. The van der Waals surface area contributed by atoms with Gasteiger partial charge in [0, 0.05) is 49.1 Å². The predicted molar refractivity (Wildman–Crippen MR) is 168 cm³/mol. The first-order chi connectivity index (χ1) is 19.8. The van der Waals surface area contributed by atoms with Crippen LogP contribution in [0.2, 0.25) is 5.02 Å². The average molecular weight is 631 g/mol. The van der Waals surface area contributed by atoms with E-state index in [1.54, 1.807) is 36.4 Å². The van der Waals surface area contributed by atoms with E-state index in [0.717, 1.165) is 55.6 Å². The molecule has 1 atom stereocenters. The topological polar surface area (TPSA) is 91.8 Å². The van der Waals surface area contributed by atoms with Gasteiger partial charge in [-0.3, -0.25) is 4.79 Å². The lowest BCUT2D eigenvalue weighted by molar-refractivity contribution is -0.133. The lowest BCUT2D eigenvalue weighted by Gasteiger charge is -2.38. The second kappa shape index (κ2) is 13.7. The molecular formula is C32H39ClN2O5S2. The molecule has 10 heteroatoms. The third-order valence-corrected chi connectivity index (χ3v) is 10.6. The highest BCUT2D eigenvalue weighted by Crippen LogP contribution is 2.31. The Kier molecular flexibility index (Phi) is 10.5. The van der Waals surface area contributed by atoms with Gasteiger partial charge >= 0.3 is 0 Å². The first-order valence-corrected chi connectivity index (χ1v) is 18.4. The van der Waals surface area contributed by atoms with E-state index in [4.69, 9.17) is 11.6 Å². The summed E-state index contributed by atoms with van der Waals surface area (Å²) < 4.78 is 47.4. The van der Waals surface area contributed by atoms with E-state index in [2.05, 4.69) is 11.0 Å². The number of hydrogen-bond acceptors (Lipinski definition) is 6. The molecule has 3 aromatic rings. The van der Waals surface area contributed by atoms with E-state index in [-0.39, 0.29) is 29.2 Å². The van der Waals surface area contributed by atoms with Crippen molar-refractivity contribution in [3.05, 3.63) is 94.5 Å². The normalized spacial score (nSPS) is 15.8. The summed E-state index contributed by atoms with van der Waals surface area (Å²) >= 11 is 6.33. The van der Waals surface area contributed by atoms with Gasteiger partial charge in [0.05, 0.1) is 16.2 Å². The summed E-state index contributed by atoms with van der Waals surface area (Å²) in [5.74, 6) is 0.124. The number of piperidine rings is 1. The van der Waals surface area contributed by atoms with Crippen molar-refractivity contribution in [1.82, 2.24) is 9.80 Å². The summed E-state index contributed by atoms with van der Waals surface area (Å²) in [5, 5.41) is 0.668. The maximum Gasteiger partial charge on any atom is 0.227 e. The first-order valence-electron chi connectivity index (χ1n) is 14.2. The van der Waals surface area contributed by atoms with E-state index in [1.165, 1.54) is 12.5 Å². The van der Waals surface area contributed by atoms with Crippen molar-refractivity contribution in [2.45, 2.75) is 54.4 Å². The van der Waals surface area contributed by atoms with Crippen molar-refractivity contribution in [2.24, 2.45) is 0 Å². The largest absolute Gasteiger partial charge is 0.340 e. The molecule has 7 nitrogen and oxygen atoms in total. The van der Waals surface area contributed by atoms with Crippen molar-refractivity contribution in [1.29, 1.82) is 0 Å². The van der Waals surface area contributed by atoms with Crippen molar-refractivity contribution >= 4 is 37.2 Å². The summed E-state index contributed by atoms with van der Waals surface area (Å²) in [4.78, 5) is 18.1. The van der Waals surface area contributed by atoms with Crippen LogP contribution in [0.5, 0.6) is 0 Å². The summed E-state index contributed by atoms with van der Waals surface area (Å²) in [6.45, 7) is 5.26. The van der Waals surface area contributed by atoms with Crippen molar-refractivity contribution in [2.75, 3.05) is 38.7 Å². The fraction of sp³-hybridized carbons (Fsp3) is 0.406. The lowest BCUT2D eigenvalue weighted by Crippen LogP contribution is -2.48. The standard InChI is InChI=1S/C32H39ClN2O5S2/c1-4-35(32(36)22-24-8-12-29(13-9-24)41(2,37)38)28-16-19-34(20-17-28)21-18-31(26-6-5-7-27(33)23-26)25-10-14-30(15-11-25)42(3,39)40/h5-15,23,28,31H,4,16-22H2,1-3H3. The molecule has 1 unspecified atom stereocenters. The molecule has 0 saturated carbocycles. The third kappa shape index (κ3) is 8.43. The van der Waals surface area contributed by atoms with Gasteiger partial charge < -0.3 is 9.80 Å². The number of likely N-dealkylation sites (N-methyl/N-ethyl adjacent to an activating group) is 1. The van der Waals surface area contributed by atoms with Gasteiger partial charge in [-0.05, 0) is 85.8 Å². The fourth-order valence-corrected chi connectivity index (χ4v) is 7.19. The number of halogens is 1. The number of carbonyl (C=O) groups is 1. The maximum absolute atomic E-state index is 13.2. The summed E-state index contributed by atoms with van der Waals surface area (Å²) in [6, 6.07) is 21.7. The molecule has 226 valence electrons. The third-order valence-electron chi connectivity index (χ3n) is 8.06. The molecule has 0 N–H and O–H groups in total. The second-order valence-corrected chi connectivity index (χ2v) is 15.6. The number of benzene rings is 3. The number of hydrogen-bond donors (Lipinski definition) is 0.